The Morgan fingerprint density at radius 2 is 2.00 bits per heavy atom. The fraction of sp³-hybridized carbons (Fsp3) is 0.389. The molecule has 2 heterocycles. The van der Waals surface area contributed by atoms with Gasteiger partial charge >= 0.3 is 5.97 Å². The van der Waals surface area contributed by atoms with Crippen molar-refractivity contribution < 1.29 is 9.53 Å². The van der Waals surface area contributed by atoms with Crippen LogP contribution in [-0.4, -0.2) is 36.1 Å². The van der Waals surface area contributed by atoms with E-state index in [0.717, 1.165) is 31.5 Å². The summed E-state index contributed by atoms with van der Waals surface area (Å²) in [6.07, 6.45) is 3.00. The van der Waals surface area contributed by atoms with E-state index in [1.54, 1.807) is 0 Å². The van der Waals surface area contributed by atoms with E-state index in [4.69, 9.17) is 10.5 Å². The molecule has 0 bridgehead atoms. The Labute approximate surface area is 147 Å². The molecular formula is C18H23N5O2. The van der Waals surface area contributed by atoms with E-state index in [1.807, 2.05) is 30.3 Å². The van der Waals surface area contributed by atoms with Crippen LogP contribution in [0, 0.1) is 5.92 Å². The third-order valence-electron chi connectivity index (χ3n) is 4.49. The number of nitrogens with zero attached hydrogens (tertiary/aromatic N) is 3. The van der Waals surface area contributed by atoms with Gasteiger partial charge in [-0.2, -0.15) is 0 Å². The highest BCUT2D eigenvalue weighted by molar-refractivity contribution is 5.76. The van der Waals surface area contributed by atoms with E-state index in [2.05, 4.69) is 20.2 Å². The highest BCUT2D eigenvalue weighted by Crippen LogP contribution is 2.30. The van der Waals surface area contributed by atoms with E-state index in [1.165, 1.54) is 13.4 Å². The van der Waals surface area contributed by atoms with Crippen molar-refractivity contribution in [1.82, 2.24) is 9.97 Å². The van der Waals surface area contributed by atoms with Crippen molar-refractivity contribution in [2.45, 2.75) is 19.4 Å². The molecule has 132 valence electrons. The molecule has 1 aromatic heterocycles. The number of anilines is 3. The monoisotopic (exact) mass is 341 g/mol. The van der Waals surface area contributed by atoms with Gasteiger partial charge in [-0.3, -0.25) is 4.79 Å². The second kappa shape index (κ2) is 7.83. The van der Waals surface area contributed by atoms with Crippen LogP contribution in [-0.2, 0) is 16.1 Å². The predicted octanol–water partition coefficient (Wildman–Crippen LogP) is 2.06. The molecule has 0 saturated carbocycles. The number of piperidine rings is 1. The molecule has 25 heavy (non-hydrogen) atoms. The average Bonchev–Trinajstić information content (AvgIpc) is 2.67. The molecule has 1 aliphatic heterocycles. The van der Waals surface area contributed by atoms with Crippen LogP contribution in [0.1, 0.15) is 18.4 Å². The average molecular weight is 341 g/mol. The first kappa shape index (κ1) is 17.0. The quantitative estimate of drug-likeness (QED) is 0.804. The van der Waals surface area contributed by atoms with Gasteiger partial charge in [-0.05, 0) is 18.4 Å². The molecule has 3 rings (SSSR count). The van der Waals surface area contributed by atoms with Crippen molar-refractivity contribution in [2.75, 3.05) is 36.1 Å². The number of aromatic nitrogens is 2. The number of carbonyl (C=O) groups excluding carboxylic acids is 1. The van der Waals surface area contributed by atoms with E-state index in [9.17, 15) is 4.79 Å². The summed E-state index contributed by atoms with van der Waals surface area (Å²) in [5.41, 5.74) is 7.97. The summed E-state index contributed by atoms with van der Waals surface area (Å²) in [6.45, 7) is 2.09. The van der Waals surface area contributed by atoms with Crippen LogP contribution in [0.4, 0.5) is 17.3 Å². The summed E-state index contributed by atoms with van der Waals surface area (Å²) in [6, 6.07) is 10.1. The summed E-state index contributed by atoms with van der Waals surface area (Å²) < 4.78 is 4.83. The van der Waals surface area contributed by atoms with Gasteiger partial charge in [0, 0.05) is 19.6 Å². The van der Waals surface area contributed by atoms with Gasteiger partial charge in [0.1, 0.15) is 12.0 Å². The lowest BCUT2D eigenvalue weighted by Gasteiger charge is -2.32. The summed E-state index contributed by atoms with van der Waals surface area (Å²) >= 11 is 0. The lowest BCUT2D eigenvalue weighted by molar-refractivity contribution is -0.146. The van der Waals surface area contributed by atoms with Gasteiger partial charge in [0.2, 0.25) is 0 Å². The number of hydrogen-bond donors (Lipinski definition) is 2. The Morgan fingerprint density at radius 1 is 1.28 bits per heavy atom. The van der Waals surface area contributed by atoms with Gasteiger partial charge in [-0.15, -0.1) is 0 Å². The fourth-order valence-corrected chi connectivity index (χ4v) is 3.05. The van der Waals surface area contributed by atoms with Crippen LogP contribution in [0.2, 0.25) is 0 Å². The molecule has 1 aromatic carbocycles. The van der Waals surface area contributed by atoms with Gasteiger partial charge in [-0.25, -0.2) is 9.97 Å². The zero-order valence-corrected chi connectivity index (χ0v) is 14.3. The van der Waals surface area contributed by atoms with E-state index < -0.39 is 0 Å². The number of nitrogen functional groups attached to an aromatic ring is 1. The number of nitrogens with one attached hydrogen (secondary N) is 1. The maximum atomic E-state index is 11.6. The van der Waals surface area contributed by atoms with E-state index in [-0.39, 0.29) is 11.9 Å². The van der Waals surface area contributed by atoms with Crippen LogP contribution in [0.3, 0.4) is 0 Å². The molecule has 0 amide bonds. The number of ether oxygens (including phenoxy) is 1. The molecule has 3 N–H and O–H groups in total. The first-order chi connectivity index (χ1) is 12.2. The molecular weight excluding hydrogens is 318 g/mol. The van der Waals surface area contributed by atoms with E-state index in [0.29, 0.717) is 23.9 Å². The topological polar surface area (TPSA) is 93.4 Å². The molecule has 7 heteroatoms. The maximum absolute atomic E-state index is 11.6. The van der Waals surface area contributed by atoms with Crippen molar-refractivity contribution in [1.29, 1.82) is 0 Å². The minimum atomic E-state index is -0.138. The van der Waals surface area contributed by atoms with Crippen molar-refractivity contribution in [3.63, 3.8) is 0 Å². The van der Waals surface area contributed by atoms with Crippen LogP contribution in [0.25, 0.3) is 0 Å². The molecule has 0 aliphatic carbocycles. The molecule has 7 nitrogen and oxygen atoms in total. The number of methoxy groups -OCH3 is 1. The molecule has 0 radical (unpaired) electrons. The van der Waals surface area contributed by atoms with Crippen LogP contribution < -0.4 is 16.0 Å². The molecule has 1 aliphatic rings. The number of hydrogen-bond acceptors (Lipinski definition) is 7. The van der Waals surface area contributed by atoms with Crippen molar-refractivity contribution in [3.8, 4) is 0 Å². The summed E-state index contributed by atoms with van der Waals surface area (Å²) in [7, 11) is 1.43. The molecule has 1 saturated heterocycles. The Morgan fingerprint density at radius 3 is 2.68 bits per heavy atom. The Bertz CT molecular complexity index is 715. The summed E-state index contributed by atoms with van der Waals surface area (Å²) in [5.74, 6) is 1.17. The third-order valence-corrected chi connectivity index (χ3v) is 4.49. The predicted molar refractivity (Wildman–Crippen MR) is 97.2 cm³/mol. The fourth-order valence-electron chi connectivity index (χ4n) is 3.05. The van der Waals surface area contributed by atoms with E-state index >= 15 is 0 Å². The van der Waals surface area contributed by atoms with Crippen LogP contribution in [0.15, 0.2) is 36.7 Å². The van der Waals surface area contributed by atoms with Crippen LogP contribution >= 0.6 is 0 Å². The SMILES string of the molecule is COC(=O)C1CCN(c2ncnc(NCc3ccccc3)c2N)CC1. The minimum Gasteiger partial charge on any atom is -0.469 e. The van der Waals surface area contributed by atoms with Gasteiger partial charge < -0.3 is 20.7 Å². The highest BCUT2D eigenvalue weighted by Gasteiger charge is 2.27. The van der Waals surface area contributed by atoms with Crippen LogP contribution in [0.5, 0.6) is 0 Å². The maximum Gasteiger partial charge on any atom is 0.308 e. The second-order valence-electron chi connectivity index (χ2n) is 6.08. The van der Waals surface area contributed by atoms with Gasteiger partial charge in [0.25, 0.3) is 0 Å². The zero-order valence-electron chi connectivity index (χ0n) is 14.3. The minimum absolute atomic E-state index is 0.0417. The van der Waals surface area contributed by atoms with Crippen molar-refractivity contribution in [3.05, 3.63) is 42.2 Å². The van der Waals surface area contributed by atoms with Gasteiger partial charge in [0.05, 0.1) is 13.0 Å². The normalized spacial score (nSPS) is 15.0. The molecule has 0 unspecified atom stereocenters. The first-order valence-corrected chi connectivity index (χ1v) is 8.40. The zero-order chi connectivity index (χ0) is 17.6. The highest BCUT2D eigenvalue weighted by atomic mass is 16.5. The smallest absolute Gasteiger partial charge is 0.308 e. The lowest BCUT2D eigenvalue weighted by atomic mass is 9.97. The Hall–Kier alpha value is -2.83. The third kappa shape index (κ3) is 3.99. The Kier molecular flexibility index (Phi) is 5.33. The Balaban J connectivity index is 1.66. The molecule has 1 fully saturated rings. The van der Waals surface area contributed by atoms with Crippen molar-refractivity contribution in [2.24, 2.45) is 5.92 Å². The number of rotatable bonds is 5. The number of benzene rings is 1. The summed E-state index contributed by atoms with van der Waals surface area (Å²) in [4.78, 5) is 22.3. The standard InChI is InChI=1S/C18H23N5O2/c1-25-18(24)14-7-9-23(10-8-14)17-15(19)16(21-12-22-17)20-11-13-5-3-2-4-6-13/h2-6,12,14H,7-11,19H2,1H3,(H,20,21,22). The number of esters is 1. The number of carbonyl (C=O) groups is 1. The largest absolute Gasteiger partial charge is 0.469 e. The van der Waals surface area contributed by atoms with Gasteiger partial charge in [0.15, 0.2) is 11.6 Å². The molecule has 2 aromatic rings. The van der Waals surface area contributed by atoms with Crippen molar-refractivity contribution >= 4 is 23.3 Å². The molecule has 0 spiro atoms. The first-order valence-electron chi connectivity index (χ1n) is 8.40. The molecule has 0 atom stereocenters. The lowest BCUT2D eigenvalue weighted by Crippen LogP contribution is -2.37. The second-order valence-corrected chi connectivity index (χ2v) is 6.08. The number of nitrogens with two attached hydrogens (primary N) is 1. The van der Waals surface area contributed by atoms with Gasteiger partial charge in [-0.1, -0.05) is 30.3 Å². The summed E-state index contributed by atoms with van der Waals surface area (Å²) in [5, 5.41) is 3.27.